The van der Waals surface area contributed by atoms with Crippen LogP contribution in [0.1, 0.15) is 71.4 Å². The van der Waals surface area contributed by atoms with Crippen molar-refractivity contribution in [1.29, 1.82) is 0 Å². The molecule has 206 valence electrons. The summed E-state index contributed by atoms with van der Waals surface area (Å²) in [4.78, 5) is 15.3. The largest absolute Gasteiger partial charge is 0.573 e. The van der Waals surface area contributed by atoms with E-state index in [0.29, 0.717) is 17.9 Å². The Morgan fingerprint density at radius 2 is 1.79 bits per heavy atom. The highest BCUT2D eigenvalue weighted by Gasteiger charge is 2.52. The van der Waals surface area contributed by atoms with Gasteiger partial charge in [-0.2, -0.15) is 5.10 Å². The summed E-state index contributed by atoms with van der Waals surface area (Å²) in [6.45, 7) is 5.27. The molecule has 0 bridgehead atoms. The molecule has 1 saturated heterocycles. The van der Waals surface area contributed by atoms with Gasteiger partial charge in [-0.3, -0.25) is 9.48 Å². The Labute approximate surface area is 226 Å². The van der Waals surface area contributed by atoms with Crippen LogP contribution < -0.4 is 15.0 Å². The quantitative estimate of drug-likeness (QED) is 0.401. The lowest BCUT2D eigenvalue weighted by molar-refractivity contribution is -0.274. The molecule has 1 spiro atoms. The van der Waals surface area contributed by atoms with E-state index in [2.05, 4.69) is 44.3 Å². The van der Waals surface area contributed by atoms with Gasteiger partial charge in [-0.25, -0.2) is 0 Å². The van der Waals surface area contributed by atoms with Crippen LogP contribution in [0.3, 0.4) is 0 Å². The third kappa shape index (κ3) is 5.23. The average Bonchev–Trinajstić information content (AvgIpc) is 3.25. The summed E-state index contributed by atoms with van der Waals surface area (Å²) in [5.74, 6) is 0.293. The first-order chi connectivity index (χ1) is 18.7. The third-order valence-corrected chi connectivity index (χ3v) is 8.48. The molecular formula is C30H33F3N4O2. The van der Waals surface area contributed by atoms with Gasteiger partial charge >= 0.3 is 6.36 Å². The summed E-state index contributed by atoms with van der Waals surface area (Å²) in [7, 11) is 0. The summed E-state index contributed by atoms with van der Waals surface area (Å²) < 4.78 is 43.1. The standard InChI is InChI=1S/C30H33F3N4O2/c1-2-25-27(26-5-3-4-14-37(26)35-25)28(38)34-17-20-6-8-21(9-7-20)22-15-29(16-22)18-36(19-29)23-10-12-24(13-11-23)39-30(31,32)33/h6-13,22H,2-5,14-19H2,1H3,(H,34,38). The lowest BCUT2D eigenvalue weighted by atomic mass is 9.56. The zero-order valence-electron chi connectivity index (χ0n) is 22.1. The second-order valence-electron chi connectivity index (χ2n) is 11.2. The monoisotopic (exact) mass is 538 g/mol. The van der Waals surface area contributed by atoms with Gasteiger partial charge in [-0.05, 0) is 79.8 Å². The molecular weight excluding hydrogens is 505 g/mol. The van der Waals surface area contributed by atoms with Crippen LogP contribution in [0.15, 0.2) is 48.5 Å². The number of hydrogen-bond acceptors (Lipinski definition) is 4. The molecule has 2 aromatic carbocycles. The Morgan fingerprint density at radius 1 is 1.08 bits per heavy atom. The molecule has 2 aliphatic heterocycles. The molecule has 0 unspecified atom stereocenters. The van der Waals surface area contributed by atoms with Gasteiger partial charge in [-0.1, -0.05) is 31.2 Å². The van der Waals surface area contributed by atoms with E-state index in [4.69, 9.17) is 0 Å². The van der Waals surface area contributed by atoms with Gasteiger partial charge in [0.1, 0.15) is 5.75 Å². The number of carbonyl (C=O) groups is 1. The molecule has 1 aliphatic carbocycles. The molecule has 3 heterocycles. The van der Waals surface area contributed by atoms with E-state index in [1.807, 2.05) is 11.6 Å². The van der Waals surface area contributed by atoms with Crippen LogP contribution in [0.2, 0.25) is 0 Å². The SMILES string of the molecule is CCc1nn2c(c1C(=O)NCc1ccc(C3CC4(C3)CN(c3ccc(OC(F)(F)F)cc3)C4)cc1)CCCC2. The van der Waals surface area contributed by atoms with Crippen molar-refractivity contribution >= 4 is 11.6 Å². The number of anilines is 1. The zero-order chi connectivity index (χ0) is 27.2. The van der Waals surface area contributed by atoms with Crippen molar-refractivity contribution in [2.45, 2.75) is 70.8 Å². The molecule has 39 heavy (non-hydrogen) atoms. The molecule has 1 saturated carbocycles. The number of aryl methyl sites for hydroxylation is 2. The fraction of sp³-hybridized carbons (Fsp3) is 0.467. The Balaban J connectivity index is 0.989. The van der Waals surface area contributed by atoms with E-state index in [1.54, 1.807) is 12.1 Å². The van der Waals surface area contributed by atoms with E-state index in [-0.39, 0.29) is 11.7 Å². The van der Waals surface area contributed by atoms with Crippen molar-refractivity contribution in [2.75, 3.05) is 18.0 Å². The number of carbonyl (C=O) groups excluding carboxylic acids is 1. The number of fused-ring (bicyclic) bond motifs is 1. The van der Waals surface area contributed by atoms with Crippen molar-refractivity contribution < 1.29 is 22.7 Å². The van der Waals surface area contributed by atoms with E-state index in [9.17, 15) is 18.0 Å². The van der Waals surface area contributed by atoms with Gasteiger partial charge in [0, 0.05) is 37.3 Å². The van der Waals surface area contributed by atoms with Crippen LogP contribution in [0, 0.1) is 5.41 Å². The Hall–Kier alpha value is -3.49. The lowest BCUT2D eigenvalue weighted by Crippen LogP contribution is -2.61. The highest BCUT2D eigenvalue weighted by Crippen LogP contribution is 2.56. The molecule has 1 aromatic heterocycles. The van der Waals surface area contributed by atoms with Gasteiger partial charge in [0.2, 0.25) is 0 Å². The number of halogens is 3. The first-order valence-corrected chi connectivity index (χ1v) is 13.8. The maximum absolute atomic E-state index is 13.1. The molecule has 3 aliphatic rings. The van der Waals surface area contributed by atoms with Crippen molar-refractivity contribution in [3.63, 3.8) is 0 Å². The van der Waals surface area contributed by atoms with Crippen LogP contribution >= 0.6 is 0 Å². The average molecular weight is 539 g/mol. The number of nitrogens with one attached hydrogen (secondary N) is 1. The predicted molar refractivity (Wildman–Crippen MR) is 142 cm³/mol. The molecule has 1 N–H and O–H groups in total. The van der Waals surface area contributed by atoms with Gasteiger partial charge in [-0.15, -0.1) is 13.2 Å². The van der Waals surface area contributed by atoms with Crippen LogP contribution in [0.4, 0.5) is 18.9 Å². The van der Waals surface area contributed by atoms with E-state index in [1.165, 1.54) is 17.7 Å². The number of hydrogen-bond donors (Lipinski definition) is 1. The molecule has 9 heteroatoms. The second-order valence-corrected chi connectivity index (χ2v) is 11.2. The van der Waals surface area contributed by atoms with Crippen molar-refractivity contribution in [2.24, 2.45) is 5.41 Å². The van der Waals surface area contributed by atoms with E-state index in [0.717, 1.165) is 86.4 Å². The third-order valence-electron chi connectivity index (χ3n) is 8.48. The number of nitrogens with zero attached hydrogens (tertiary/aromatic N) is 3. The minimum atomic E-state index is -4.67. The molecule has 3 aromatic rings. The highest BCUT2D eigenvalue weighted by atomic mass is 19.4. The van der Waals surface area contributed by atoms with E-state index >= 15 is 0 Å². The number of amides is 1. The molecule has 6 rings (SSSR count). The minimum Gasteiger partial charge on any atom is -0.406 e. The van der Waals surface area contributed by atoms with Crippen LogP contribution in [0.5, 0.6) is 5.75 Å². The van der Waals surface area contributed by atoms with Crippen molar-refractivity contribution in [1.82, 2.24) is 15.1 Å². The van der Waals surface area contributed by atoms with Gasteiger partial charge < -0.3 is 15.0 Å². The summed E-state index contributed by atoms with van der Waals surface area (Å²) in [6, 6.07) is 14.7. The first kappa shape index (κ1) is 25.8. The number of aromatic nitrogens is 2. The number of ether oxygens (including phenoxy) is 1. The molecule has 6 nitrogen and oxygen atoms in total. The molecule has 1 amide bonds. The van der Waals surface area contributed by atoms with Crippen LogP contribution in [0.25, 0.3) is 0 Å². The molecule has 0 atom stereocenters. The lowest BCUT2D eigenvalue weighted by Gasteiger charge is -2.60. The first-order valence-electron chi connectivity index (χ1n) is 13.8. The van der Waals surface area contributed by atoms with Gasteiger partial charge in [0.05, 0.1) is 17.0 Å². The molecule has 2 fully saturated rings. The summed E-state index contributed by atoms with van der Waals surface area (Å²) >= 11 is 0. The predicted octanol–water partition coefficient (Wildman–Crippen LogP) is 5.99. The van der Waals surface area contributed by atoms with Gasteiger partial charge in [0.25, 0.3) is 5.91 Å². The highest BCUT2D eigenvalue weighted by molar-refractivity contribution is 5.96. The Kier molecular flexibility index (Phi) is 6.55. The maximum atomic E-state index is 13.1. The van der Waals surface area contributed by atoms with Crippen molar-refractivity contribution in [3.8, 4) is 5.75 Å². The Bertz CT molecular complexity index is 1330. The zero-order valence-corrected chi connectivity index (χ0v) is 22.1. The number of alkyl halides is 3. The van der Waals surface area contributed by atoms with Gasteiger partial charge in [0.15, 0.2) is 0 Å². The fourth-order valence-electron chi connectivity index (χ4n) is 6.52. The topological polar surface area (TPSA) is 59.4 Å². The number of benzene rings is 2. The maximum Gasteiger partial charge on any atom is 0.573 e. The fourth-order valence-corrected chi connectivity index (χ4v) is 6.52. The van der Waals surface area contributed by atoms with Crippen LogP contribution in [-0.2, 0) is 25.9 Å². The van der Waals surface area contributed by atoms with E-state index < -0.39 is 6.36 Å². The summed E-state index contributed by atoms with van der Waals surface area (Å²) in [5.41, 5.74) is 6.35. The van der Waals surface area contributed by atoms with Crippen LogP contribution in [-0.4, -0.2) is 35.1 Å². The summed E-state index contributed by atoms with van der Waals surface area (Å²) in [5, 5.41) is 7.77. The van der Waals surface area contributed by atoms with Crippen molar-refractivity contribution in [3.05, 3.63) is 76.6 Å². The smallest absolute Gasteiger partial charge is 0.406 e. The second kappa shape index (κ2) is 9.92. The summed E-state index contributed by atoms with van der Waals surface area (Å²) in [6.07, 6.45) is 1.43. The minimum absolute atomic E-state index is 0.0305. The molecule has 0 radical (unpaired) electrons. The number of rotatable bonds is 7. The Morgan fingerprint density at radius 3 is 2.46 bits per heavy atom. The normalized spacial score (nSPS) is 18.3.